The van der Waals surface area contributed by atoms with Crippen LogP contribution >= 0.6 is 0 Å². The van der Waals surface area contributed by atoms with Crippen molar-refractivity contribution in [2.45, 2.75) is 13.3 Å². The Morgan fingerprint density at radius 1 is 1.10 bits per heavy atom. The molecule has 1 amide bonds. The van der Waals surface area contributed by atoms with Crippen molar-refractivity contribution in [2.24, 2.45) is 0 Å². The van der Waals surface area contributed by atoms with E-state index in [9.17, 15) is 10.1 Å². The molecular weight excluding hydrogens is 390 g/mol. The largest absolute Gasteiger partial charge is 0.353 e. The van der Waals surface area contributed by atoms with E-state index in [2.05, 4.69) is 36.5 Å². The zero-order valence-electron chi connectivity index (χ0n) is 16.6. The summed E-state index contributed by atoms with van der Waals surface area (Å²) in [7, 11) is 0. The van der Waals surface area contributed by atoms with E-state index in [1.54, 1.807) is 31.5 Å². The predicted octanol–water partition coefficient (Wildman–Crippen LogP) is 4.39. The standard InChI is InChI=1S/C23H17N7O/c1-2-21(31)28-20-7-6-14(11-25-20)15-8-17-22(29-30-23(17)26-12-15)19-9-16-13(10-24)4-3-5-18(16)27-19/h3-9,11-12,27H,2H2,1H3,(H,25,28,31)(H,26,29,30). The third kappa shape index (κ3) is 3.28. The molecule has 5 aromatic rings. The number of carbonyl (C=O) groups is 1. The monoisotopic (exact) mass is 407 g/mol. The van der Waals surface area contributed by atoms with Gasteiger partial charge >= 0.3 is 0 Å². The lowest BCUT2D eigenvalue weighted by molar-refractivity contribution is -0.115. The SMILES string of the molecule is CCC(=O)Nc1ccc(-c2cnc3[nH]nc(-c4cc5c(C#N)cccc5[nH]4)c3c2)cn1. The lowest BCUT2D eigenvalue weighted by atomic mass is 10.1. The van der Waals surface area contributed by atoms with Crippen LogP contribution in [0.25, 0.3) is 44.5 Å². The van der Waals surface area contributed by atoms with Crippen molar-refractivity contribution >= 4 is 33.7 Å². The van der Waals surface area contributed by atoms with Gasteiger partial charge in [-0.1, -0.05) is 13.0 Å². The van der Waals surface area contributed by atoms with Gasteiger partial charge < -0.3 is 10.3 Å². The van der Waals surface area contributed by atoms with E-state index in [1.807, 2.05) is 30.3 Å². The first-order chi connectivity index (χ1) is 15.2. The number of hydrogen-bond donors (Lipinski definition) is 3. The van der Waals surface area contributed by atoms with Crippen LogP contribution in [0, 0.1) is 11.3 Å². The Kier molecular flexibility index (Phi) is 4.41. The highest BCUT2D eigenvalue weighted by Crippen LogP contribution is 2.31. The molecule has 4 heterocycles. The quantitative estimate of drug-likeness (QED) is 0.408. The third-order valence-electron chi connectivity index (χ3n) is 5.14. The molecule has 8 heteroatoms. The maximum absolute atomic E-state index is 11.5. The van der Waals surface area contributed by atoms with Gasteiger partial charge in [0, 0.05) is 46.2 Å². The molecular formula is C23H17N7O. The summed E-state index contributed by atoms with van der Waals surface area (Å²) >= 11 is 0. The second kappa shape index (κ2) is 7.39. The molecule has 0 aliphatic rings. The number of nitrogens with zero attached hydrogens (tertiary/aromatic N) is 4. The van der Waals surface area contributed by atoms with Gasteiger partial charge in [0.05, 0.1) is 17.3 Å². The lowest BCUT2D eigenvalue weighted by Crippen LogP contribution is -2.10. The normalized spacial score (nSPS) is 11.0. The summed E-state index contributed by atoms with van der Waals surface area (Å²) < 4.78 is 0. The molecule has 0 saturated carbocycles. The Labute approximate surface area is 177 Å². The van der Waals surface area contributed by atoms with E-state index in [-0.39, 0.29) is 5.91 Å². The van der Waals surface area contributed by atoms with Crippen LogP contribution in [0.4, 0.5) is 5.82 Å². The number of aromatic nitrogens is 5. The maximum atomic E-state index is 11.5. The molecule has 0 unspecified atom stereocenters. The Balaban J connectivity index is 1.55. The molecule has 0 aliphatic carbocycles. The molecule has 0 fully saturated rings. The fraction of sp³-hybridized carbons (Fsp3) is 0.0870. The minimum absolute atomic E-state index is 0.0794. The summed E-state index contributed by atoms with van der Waals surface area (Å²) in [5.74, 6) is 0.435. The molecule has 31 heavy (non-hydrogen) atoms. The van der Waals surface area contributed by atoms with Crippen molar-refractivity contribution < 1.29 is 4.79 Å². The van der Waals surface area contributed by atoms with E-state index >= 15 is 0 Å². The van der Waals surface area contributed by atoms with Crippen LogP contribution in [0.3, 0.4) is 0 Å². The number of anilines is 1. The summed E-state index contributed by atoms with van der Waals surface area (Å²) in [6.45, 7) is 1.79. The average molecular weight is 407 g/mol. The van der Waals surface area contributed by atoms with E-state index in [0.717, 1.165) is 38.8 Å². The van der Waals surface area contributed by atoms with Crippen molar-refractivity contribution in [1.29, 1.82) is 5.26 Å². The number of nitrogens with one attached hydrogen (secondary N) is 3. The number of nitriles is 1. The molecule has 8 nitrogen and oxygen atoms in total. The van der Waals surface area contributed by atoms with Gasteiger partial charge in [0.2, 0.25) is 5.91 Å². The molecule has 0 saturated heterocycles. The van der Waals surface area contributed by atoms with Gasteiger partial charge in [0.15, 0.2) is 5.65 Å². The fourth-order valence-corrected chi connectivity index (χ4v) is 3.52. The number of benzene rings is 1. The Morgan fingerprint density at radius 3 is 2.74 bits per heavy atom. The Bertz CT molecular complexity index is 1470. The minimum Gasteiger partial charge on any atom is -0.353 e. The molecule has 0 atom stereocenters. The summed E-state index contributed by atoms with van der Waals surface area (Å²) in [5, 5.41) is 21.2. The number of fused-ring (bicyclic) bond motifs is 2. The molecule has 3 N–H and O–H groups in total. The number of pyridine rings is 2. The fourth-order valence-electron chi connectivity index (χ4n) is 3.52. The van der Waals surface area contributed by atoms with E-state index in [0.29, 0.717) is 23.4 Å². The van der Waals surface area contributed by atoms with Gasteiger partial charge in [-0.15, -0.1) is 0 Å². The van der Waals surface area contributed by atoms with Crippen LogP contribution in [0.15, 0.2) is 54.9 Å². The van der Waals surface area contributed by atoms with Crippen molar-refractivity contribution in [2.75, 3.05) is 5.32 Å². The van der Waals surface area contributed by atoms with Crippen LogP contribution in [-0.2, 0) is 4.79 Å². The Morgan fingerprint density at radius 2 is 1.97 bits per heavy atom. The van der Waals surface area contributed by atoms with Gasteiger partial charge in [-0.2, -0.15) is 10.4 Å². The van der Waals surface area contributed by atoms with Gasteiger partial charge in [0.1, 0.15) is 11.5 Å². The van der Waals surface area contributed by atoms with E-state index in [1.165, 1.54) is 0 Å². The number of hydrogen-bond acceptors (Lipinski definition) is 5. The van der Waals surface area contributed by atoms with Gasteiger partial charge in [-0.25, -0.2) is 9.97 Å². The second-order valence-corrected chi connectivity index (χ2v) is 7.09. The summed E-state index contributed by atoms with van der Waals surface area (Å²) in [6, 6.07) is 15.4. The van der Waals surface area contributed by atoms with Crippen molar-refractivity contribution in [3.05, 3.63) is 60.4 Å². The molecule has 0 bridgehead atoms. The van der Waals surface area contributed by atoms with E-state index < -0.39 is 0 Å². The van der Waals surface area contributed by atoms with Gasteiger partial charge in [-0.3, -0.25) is 9.89 Å². The summed E-state index contributed by atoms with van der Waals surface area (Å²) in [5.41, 5.74) is 5.44. The minimum atomic E-state index is -0.0794. The van der Waals surface area contributed by atoms with Gasteiger partial charge in [-0.05, 0) is 36.4 Å². The van der Waals surface area contributed by atoms with Crippen LogP contribution < -0.4 is 5.32 Å². The van der Waals surface area contributed by atoms with Gasteiger partial charge in [0.25, 0.3) is 0 Å². The third-order valence-corrected chi connectivity index (χ3v) is 5.14. The molecule has 5 rings (SSSR count). The number of carbonyl (C=O) groups excluding carboxylic acids is 1. The topological polar surface area (TPSA) is 123 Å². The van der Waals surface area contributed by atoms with Crippen LogP contribution in [0.5, 0.6) is 0 Å². The molecule has 1 aromatic carbocycles. The first kappa shape index (κ1) is 18.5. The van der Waals surface area contributed by atoms with Crippen molar-refractivity contribution in [3.8, 4) is 28.6 Å². The highest BCUT2D eigenvalue weighted by molar-refractivity contribution is 5.97. The molecule has 0 spiro atoms. The first-order valence-electron chi connectivity index (χ1n) is 9.79. The highest BCUT2D eigenvalue weighted by Gasteiger charge is 2.14. The molecule has 4 aromatic heterocycles. The predicted molar refractivity (Wildman–Crippen MR) is 118 cm³/mol. The Hall–Kier alpha value is -4.51. The smallest absolute Gasteiger partial charge is 0.225 e. The lowest BCUT2D eigenvalue weighted by Gasteiger charge is -2.05. The number of aromatic amines is 2. The van der Waals surface area contributed by atoms with Crippen molar-refractivity contribution in [1.82, 2.24) is 25.1 Å². The average Bonchev–Trinajstić information content (AvgIpc) is 3.42. The summed E-state index contributed by atoms with van der Waals surface area (Å²) in [4.78, 5) is 23.7. The molecule has 150 valence electrons. The maximum Gasteiger partial charge on any atom is 0.225 e. The number of rotatable bonds is 4. The van der Waals surface area contributed by atoms with Crippen LogP contribution in [0.2, 0.25) is 0 Å². The van der Waals surface area contributed by atoms with E-state index in [4.69, 9.17) is 0 Å². The highest BCUT2D eigenvalue weighted by atomic mass is 16.1. The van der Waals surface area contributed by atoms with Crippen LogP contribution in [-0.4, -0.2) is 31.1 Å². The number of amides is 1. The molecule has 0 radical (unpaired) electrons. The zero-order valence-corrected chi connectivity index (χ0v) is 16.6. The van der Waals surface area contributed by atoms with Crippen molar-refractivity contribution in [3.63, 3.8) is 0 Å². The first-order valence-corrected chi connectivity index (χ1v) is 9.79. The molecule has 0 aliphatic heterocycles. The zero-order chi connectivity index (χ0) is 21.4. The summed E-state index contributed by atoms with van der Waals surface area (Å²) in [6.07, 6.45) is 3.86. The second-order valence-electron chi connectivity index (χ2n) is 7.09. The van der Waals surface area contributed by atoms with Crippen LogP contribution in [0.1, 0.15) is 18.9 Å². The number of H-pyrrole nitrogens is 2.